The standard InChI is InChI=1S/C18H18FN3OS/c19-13-5-6-16-15(9-13)18(23)21-17(20-16)12-3-1-7-22(10-12)11-14-4-2-8-24-14/h2,4-6,8-9,12H,1,3,7,10-11H2,(H,20,21,23). The normalized spacial score (nSPS) is 19.0. The largest absolute Gasteiger partial charge is 0.310 e. The van der Waals surface area contributed by atoms with Crippen LogP contribution in [0.4, 0.5) is 4.39 Å². The van der Waals surface area contributed by atoms with E-state index >= 15 is 0 Å². The number of piperidine rings is 1. The van der Waals surface area contributed by atoms with Gasteiger partial charge in [-0.2, -0.15) is 0 Å². The fraction of sp³-hybridized carbons (Fsp3) is 0.333. The molecule has 0 bridgehead atoms. The number of benzene rings is 1. The van der Waals surface area contributed by atoms with Crippen LogP contribution in [0, 0.1) is 5.82 Å². The number of fused-ring (bicyclic) bond motifs is 1. The van der Waals surface area contributed by atoms with Crippen molar-refractivity contribution in [3.63, 3.8) is 0 Å². The minimum atomic E-state index is -0.415. The number of hydrogen-bond donors (Lipinski definition) is 1. The zero-order valence-corrected chi connectivity index (χ0v) is 14.0. The topological polar surface area (TPSA) is 49.0 Å². The summed E-state index contributed by atoms with van der Waals surface area (Å²) in [4.78, 5) is 23.5. The molecular weight excluding hydrogens is 325 g/mol. The predicted molar refractivity (Wildman–Crippen MR) is 93.9 cm³/mol. The molecule has 0 amide bonds. The highest BCUT2D eigenvalue weighted by atomic mass is 32.1. The number of rotatable bonds is 3. The first kappa shape index (κ1) is 15.5. The predicted octanol–water partition coefficient (Wildman–Crippen LogP) is 3.50. The molecule has 3 aromatic rings. The number of halogens is 1. The molecule has 124 valence electrons. The van der Waals surface area contributed by atoms with Gasteiger partial charge in [0.05, 0.1) is 10.9 Å². The summed E-state index contributed by atoms with van der Waals surface area (Å²) >= 11 is 1.77. The smallest absolute Gasteiger partial charge is 0.258 e. The van der Waals surface area contributed by atoms with Crippen LogP contribution in [0.1, 0.15) is 29.5 Å². The minimum absolute atomic E-state index is 0.209. The molecule has 1 unspecified atom stereocenters. The summed E-state index contributed by atoms with van der Waals surface area (Å²) < 4.78 is 13.3. The van der Waals surface area contributed by atoms with Gasteiger partial charge in [-0.05, 0) is 49.0 Å². The van der Waals surface area contributed by atoms with E-state index in [1.54, 1.807) is 17.4 Å². The molecule has 0 saturated carbocycles. The number of H-pyrrole nitrogens is 1. The van der Waals surface area contributed by atoms with Gasteiger partial charge in [-0.25, -0.2) is 9.37 Å². The second-order valence-corrected chi connectivity index (χ2v) is 7.30. The molecule has 1 saturated heterocycles. The number of hydrogen-bond acceptors (Lipinski definition) is 4. The Hall–Kier alpha value is -2.05. The van der Waals surface area contributed by atoms with Gasteiger partial charge >= 0.3 is 0 Å². The lowest BCUT2D eigenvalue weighted by molar-refractivity contribution is 0.198. The number of aromatic amines is 1. The molecule has 0 aliphatic carbocycles. The van der Waals surface area contributed by atoms with Crippen molar-refractivity contribution >= 4 is 22.2 Å². The van der Waals surface area contributed by atoms with Gasteiger partial charge in [0.1, 0.15) is 11.6 Å². The van der Waals surface area contributed by atoms with Gasteiger partial charge < -0.3 is 4.98 Å². The average Bonchev–Trinajstić information content (AvgIpc) is 3.08. The summed E-state index contributed by atoms with van der Waals surface area (Å²) in [6, 6.07) is 8.40. The molecule has 0 radical (unpaired) electrons. The molecule has 1 aromatic carbocycles. The lowest BCUT2D eigenvalue weighted by Crippen LogP contribution is -2.35. The van der Waals surface area contributed by atoms with Crippen LogP contribution in [0.25, 0.3) is 10.9 Å². The molecule has 2 aromatic heterocycles. The van der Waals surface area contributed by atoms with Gasteiger partial charge in [-0.15, -0.1) is 11.3 Å². The molecule has 4 rings (SSSR count). The number of likely N-dealkylation sites (tertiary alicyclic amines) is 1. The third-order valence-corrected chi connectivity index (χ3v) is 5.40. The van der Waals surface area contributed by atoms with Crippen molar-refractivity contribution < 1.29 is 4.39 Å². The molecular formula is C18H18FN3OS. The molecule has 1 aliphatic rings. The highest BCUT2D eigenvalue weighted by Gasteiger charge is 2.24. The highest BCUT2D eigenvalue weighted by molar-refractivity contribution is 7.09. The summed E-state index contributed by atoms with van der Waals surface area (Å²) in [7, 11) is 0. The van der Waals surface area contributed by atoms with E-state index < -0.39 is 5.82 Å². The van der Waals surface area contributed by atoms with E-state index in [2.05, 4.69) is 32.4 Å². The lowest BCUT2D eigenvalue weighted by atomic mass is 9.97. The number of nitrogens with one attached hydrogen (secondary N) is 1. The Morgan fingerprint density at radius 3 is 3.12 bits per heavy atom. The first-order valence-electron chi connectivity index (χ1n) is 8.13. The van der Waals surface area contributed by atoms with Crippen LogP contribution in [0.15, 0.2) is 40.5 Å². The van der Waals surface area contributed by atoms with Crippen molar-refractivity contribution in [2.45, 2.75) is 25.3 Å². The fourth-order valence-corrected chi connectivity index (χ4v) is 4.11. The molecule has 1 N–H and O–H groups in total. The Kier molecular flexibility index (Phi) is 4.16. The van der Waals surface area contributed by atoms with Crippen LogP contribution in [-0.4, -0.2) is 28.0 Å². The number of aromatic nitrogens is 2. The second kappa shape index (κ2) is 6.45. The zero-order chi connectivity index (χ0) is 16.5. The van der Waals surface area contributed by atoms with E-state index in [9.17, 15) is 9.18 Å². The van der Waals surface area contributed by atoms with Crippen molar-refractivity contribution in [2.75, 3.05) is 13.1 Å². The summed E-state index contributed by atoms with van der Waals surface area (Å²) in [5.74, 6) is 0.512. The maximum Gasteiger partial charge on any atom is 0.258 e. The van der Waals surface area contributed by atoms with Gasteiger partial charge in [0, 0.05) is 23.9 Å². The fourth-order valence-electron chi connectivity index (χ4n) is 3.37. The summed E-state index contributed by atoms with van der Waals surface area (Å²) in [5, 5.41) is 2.41. The van der Waals surface area contributed by atoms with E-state index in [1.807, 2.05) is 0 Å². The Balaban J connectivity index is 1.59. The third-order valence-electron chi connectivity index (χ3n) is 4.54. The molecule has 4 nitrogen and oxygen atoms in total. The summed E-state index contributed by atoms with van der Waals surface area (Å²) in [6.07, 6.45) is 2.10. The second-order valence-electron chi connectivity index (χ2n) is 6.27. The van der Waals surface area contributed by atoms with Crippen LogP contribution in [-0.2, 0) is 6.54 Å². The summed E-state index contributed by atoms with van der Waals surface area (Å²) in [6.45, 7) is 2.89. The van der Waals surface area contributed by atoms with Gasteiger partial charge in [0.2, 0.25) is 0 Å². The summed E-state index contributed by atoms with van der Waals surface area (Å²) in [5.41, 5.74) is 0.301. The molecule has 1 fully saturated rings. The van der Waals surface area contributed by atoms with Crippen LogP contribution in [0.5, 0.6) is 0 Å². The Morgan fingerprint density at radius 1 is 1.38 bits per heavy atom. The maximum atomic E-state index is 13.3. The molecule has 0 spiro atoms. The van der Waals surface area contributed by atoms with E-state index in [1.165, 1.54) is 17.0 Å². The van der Waals surface area contributed by atoms with Crippen LogP contribution in [0.3, 0.4) is 0 Å². The monoisotopic (exact) mass is 343 g/mol. The number of nitrogens with zero attached hydrogens (tertiary/aromatic N) is 2. The SMILES string of the molecule is O=c1[nH]c(C2CCCN(Cc3cccs3)C2)nc2ccc(F)cc12. The van der Waals surface area contributed by atoms with E-state index in [4.69, 9.17) is 0 Å². The quantitative estimate of drug-likeness (QED) is 0.792. The van der Waals surface area contributed by atoms with Crippen molar-refractivity contribution in [2.24, 2.45) is 0 Å². The Bertz CT molecular complexity index is 906. The molecule has 24 heavy (non-hydrogen) atoms. The minimum Gasteiger partial charge on any atom is -0.310 e. The molecule has 3 heterocycles. The van der Waals surface area contributed by atoms with E-state index in [-0.39, 0.29) is 11.5 Å². The first-order chi connectivity index (χ1) is 11.7. The van der Waals surface area contributed by atoms with E-state index in [0.29, 0.717) is 10.9 Å². The van der Waals surface area contributed by atoms with Crippen molar-refractivity contribution in [1.82, 2.24) is 14.9 Å². The van der Waals surface area contributed by atoms with Gasteiger partial charge in [-0.1, -0.05) is 6.07 Å². The lowest BCUT2D eigenvalue weighted by Gasteiger charge is -2.31. The average molecular weight is 343 g/mol. The van der Waals surface area contributed by atoms with Gasteiger partial charge in [0.15, 0.2) is 0 Å². The molecule has 1 aliphatic heterocycles. The van der Waals surface area contributed by atoms with Crippen molar-refractivity contribution in [3.8, 4) is 0 Å². The van der Waals surface area contributed by atoms with Crippen LogP contribution < -0.4 is 5.56 Å². The Labute approximate surface area is 143 Å². The van der Waals surface area contributed by atoms with Crippen molar-refractivity contribution in [1.29, 1.82) is 0 Å². The van der Waals surface area contributed by atoms with Crippen molar-refractivity contribution in [3.05, 3.63) is 62.6 Å². The zero-order valence-electron chi connectivity index (χ0n) is 13.2. The maximum absolute atomic E-state index is 13.3. The van der Waals surface area contributed by atoms with Gasteiger partial charge in [-0.3, -0.25) is 9.69 Å². The highest BCUT2D eigenvalue weighted by Crippen LogP contribution is 2.26. The van der Waals surface area contributed by atoms with Crippen LogP contribution in [0.2, 0.25) is 0 Å². The number of thiophene rings is 1. The third kappa shape index (κ3) is 3.12. The van der Waals surface area contributed by atoms with E-state index in [0.717, 1.165) is 38.3 Å². The van der Waals surface area contributed by atoms with Crippen LogP contribution >= 0.6 is 11.3 Å². The molecule has 6 heteroatoms. The first-order valence-corrected chi connectivity index (χ1v) is 9.01. The molecule has 1 atom stereocenters. The van der Waals surface area contributed by atoms with Gasteiger partial charge in [0.25, 0.3) is 5.56 Å². The Morgan fingerprint density at radius 2 is 2.29 bits per heavy atom.